The van der Waals surface area contributed by atoms with E-state index in [9.17, 15) is 43.2 Å². The molecule has 19 heteroatoms. The summed E-state index contributed by atoms with van der Waals surface area (Å²) in [6.45, 7) is 13.9. The van der Waals surface area contributed by atoms with Gasteiger partial charge in [-0.05, 0) is 49.4 Å². The number of esters is 4. The predicted octanol–water partition coefficient (Wildman–Crippen LogP) is 17.8. The minimum Gasteiger partial charge on any atom is -0.462 e. The second-order valence-electron chi connectivity index (χ2n) is 25.4. The lowest BCUT2D eigenvalue weighted by Crippen LogP contribution is -2.30. The van der Waals surface area contributed by atoms with Crippen molar-refractivity contribution in [2.75, 3.05) is 39.6 Å². The number of phosphoric acid groups is 2. The quantitative estimate of drug-likeness (QED) is 0.0222. The molecule has 5 atom stereocenters. The Balaban J connectivity index is 5.25. The van der Waals surface area contributed by atoms with Gasteiger partial charge in [-0.15, -0.1) is 0 Å². The number of carbonyl (C=O) groups is 4. The highest BCUT2D eigenvalue weighted by Crippen LogP contribution is 2.45. The van der Waals surface area contributed by atoms with Gasteiger partial charge in [0.15, 0.2) is 12.2 Å². The van der Waals surface area contributed by atoms with Crippen LogP contribution in [0.15, 0.2) is 0 Å². The van der Waals surface area contributed by atoms with E-state index < -0.39 is 97.5 Å². The highest BCUT2D eigenvalue weighted by molar-refractivity contribution is 7.47. The molecule has 84 heavy (non-hydrogen) atoms. The van der Waals surface area contributed by atoms with Crippen LogP contribution in [0.4, 0.5) is 0 Å². The van der Waals surface area contributed by atoms with Crippen molar-refractivity contribution in [3.05, 3.63) is 0 Å². The number of aliphatic hydroxyl groups is 1. The zero-order valence-corrected chi connectivity index (χ0v) is 56.3. The highest BCUT2D eigenvalue weighted by Gasteiger charge is 2.30. The van der Waals surface area contributed by atoms with Crippen molar-refractivity contribution in [3.8, 4) is 0 Å². The third kappa shape index (κ3) is 59.0. The summed E-state index contributed by atoms with van der Waals surface area (Å²) in [7, 11) is -9.89. The lowest BCUT2D eigenvalue weighted by molar-refractivity contribution is -0.161. The molecule has 0 saturated heterocycles. The van der Waals surface area contributed by atoms with Crippen LogP contribution in [0.3, 0.4) is 0 Å². The van der Waals surface area contributed by atoms with Crippen LogP contribution in [0.1, 0.15) is 312 Å². The summed E-state index contributed by atoms with van der Waals surface area (Å²) in [5.74, 6) is 0.733. The Morgan fingerprint density at radius 1 is 0.298 bits per heavy atom. The summed E-state index contributed by atoms with van der Waals surface area (Å²) >= 11 is 0. The smallest absolute Gasteiger partial charge is 0.462 e. The number of hydrogen-bond acceptors (Lipinski definition) is 15. The molecule has 0 fully saturated rings. The average molecular weight is 1240 g/mol. The van der Waals surface area contributed by atoms with Crippen molar-refractivity contribution in [2.24, 2.45) is 23.7 Å². The van der Waals surface area contributed by atoms with E-state index in [4.69, 9.17) is 37.0 Å². The van der Waals surface area contributed by atoms with Gasteiger partial charge in [0.2, 0.25) is 0 Å². The number of unbranched alkanes of at least 4 members (excludes halogenated alkanes) is 28. The van der Waals surface area contributed by atoms with Gasteiger partial charge in [0, 0.05) is 25.7 Å². The predicted molar refractivity (Wildman–Crippen MR) is 335 cm³/mol. The first-order chi connectivity index (χ1) is 40.1. The molecule has 0 bridgehead atoms. The first kappa shape index (κ1) is 82.1. The molecule has 3 N–H and O–H groups in total. The average Bonchev–Trinajstić information content (AvgIpc) is 3.56. The zero-order valence-electron chi connectivity index (χ0n) is 54.5. The van der Waals surface area contributed by atoms with E-state index in [0.717, 1.165) is 115 Å². The van der Waals surface area contributed by atoms with Gasteiger partial charge in [-0.3, -0.25) is 37.3 Å². The Bertz CT molecular complexity index is 1680. The van der Waals surface area contributed by atoms with Crippen LogP contribution in [0.5, 0.6) is 0 Å². The van der Waals surface area contributed by atoms with Crippen LogP contribution in [0.2, 0.25) is 0 Å². The molecule has 0 spiro atoms. The molecule has 0 saturated carbocycles. The standard InChI is InChI=1S/C65H126O17P2/c1-55(2)41-33-25-17-12-9-10-14-20-31-39-47-64(69)82-61(52-76-63(68)46-38-30-24-23-28-36-44-58(7)8)54-80-84(73,74)78-50-59(66)49-77-83(71,72)79-53-60(51-75-62(67)45-37-29-22-16-19-27-35-43-57(5)6)81-65(70)48-40-32-21-15-11-13-18-26-34-42-56(3)4/h55-61,66H,9-54H2,1-8H3,(H,71,72)(H,73,74)/t59?,60-,61-/m1/s1. The summed E-state index contributed by atoms with van der Waals surface area (Å²) < 4.78 is 68.0. The van der Waals surface area contributed by atoms with E-state index in [1.807, 2.05) is 0 Å². The largest absolute Gasteiger partial charge is 0.472 e. The molecule has 3 unspecified atom stereocenters. The number of rotatable bonds is 62. The molecule has 0 aromatic rings. The molecular formula is C65H126O17P2. The second kappa shape index (κ2) is 55.2. The molecule has 0 heterocycles. The summed E-state index contributed by atoms with van der Waals surface area (Å²) in [6.07, 6.45) is 35.1. The van der Waals surface area contributed by atoms with Crippen molar-refractivity contribution in [1.82, 2.24) is 0 Å². The van der Waals surface area contributed by atoms with Gasteiger partial charge in [0.05, 0.1) is 26.4 Å². The van der Waals surface area contributed by atoms with Crippen molar-refractivity contribution in [1.29, 1.82) is 0 Å². The number of ether oxygens (including phenoxy) is 4. The Morgan fingerprint density at radius 2 is 0.500 bits per heavy atom. The molecule has 0 amide bonds. The Labute approximate surface area is 511 Å². The summed E-state index contributed by atoms with van der Waals surface area (Å²) in [5.41, 5.74) is 0. The van der Waals surface area contributed by atoms with E-state index in [-0.39, 0.29) is 25.7 Å². The van der Waals surface area contributed by atoms with Gasteiger partial charge < -0.3 is 33.8 Å². The third-order valence-electron chi connectivity index (χ3n) is 14.8. The van der Waals surface area contributed by atoms with Crippen LogP contribution in [-0.2, 0) is 65.4 Å². The Hall–Kier alpha value is -1.94. The summed E-state index contributed by atoms with van der Waals surface area (Å²) in [4.78, 5) is 72.2. The van der Waals surface area contributed by atoms with Crippen molar-refractivity contribution >= 4 is 39.5 Å². The highest BCUT2D eigenvalue weighted by atomic mass is 31.2. The molecule has 17 nitrogen and oxygen atoms in total. The lowest BCUT2D eigenvalue weighted by atomic mass is 10.0. The molecule has 498 valence electrons. The molecule has 0 aliphatic carbocycles. The van der Waals surface area contributed by atoms with Crippen molar-refractivity contribution < 1.29 is 80.2 Å². The van der Waals surface area contributed by atoms with Crippen molar-refractivity contribution in [3.63, 3.8) is 0 Å². The van der Waals surface area contributed by atoms with Crippen molar-refractivity contribution in [2.45, 2.75) is 331 Å². The number of phosphoric ester groups is 2. The minimum atomic E-state index is -4.95. The normalized spacial score (nSPS) is 14.4. The van der Waals surface area contributed by atoms with Crippen LogP contribution >= 0.6 is 15.6 Å². The fourth-order valence-corrected chi connectivity index (χ4v) is 11.2. The molecule has 0 aliphatic heterocycles. The van der Waals surface area contributed by atoms with E-state index in [2.05, 4.69) is 55.4 Å². The minimum absolute atomic E-state index is 0.104. The van der Waals surface area contributed by atoms with E-state index in [0.29, 0.717) is 37.5 Å². The van der Waals surface area contributed by atoms with Crippen LogP contribution < -0.4 is 0 Å². The topological polar surface area (TPSA) is 237 Å². The fraction of sp³-hybridized carbons (Fsp3) is 0.938. The molecule has 0 radical (unpaired) electrons. The van der Waals surface area contributed by atoms with Gasteiger partial charge in [0.25, 0.3) is 0 Å². The van der Waals surface area contributed by atoms with Gasteiger partial charge in [-0.1, -0.05) is 261 Å². The summed E-state index contributed by atoms with van der Waals surface area (Å²) in [5, 5.41) is 10.5. The zero-order chi connectivity index (χ0) is 62.5. The van der Waals surface area contributed by atoms with Crippen LogP contribution in [-0.4, -0.2) is 96.7 Å². The third-order valence-corrected chi connectivity index (χ3v) is 16.7. The van der Waals surface area contributed by atoms with Gasteiger partial charge >= 0.3 is 39.5 Å². The molecule has 0 rings (SSSR count). The van der Waals surface area contributed by atoms with Gasteiger partial charge in [0.1, 0.15) is 19.3 Å². The second-order valence-corrected chi connectivity index (χ2v) is 28.3. The van der Waals surface area contributed by atoms with Gasteiger partial charge in [-0.25, -0.2) is 9.13 Å². The van der Waals surface area contributed by atoms with Crippen LogP contribution in [0, 0.1) is 23.7 Å². The molecular weight excluding hydrogens is 1110 g/mol. The molecule has 0 aromatic heterocycles. The summed E-state index contributed by atoms with van der Waals surface area (Å²) in [6, 6.07) is 0. The van der Waals surface area contributed by atoms with Gasteiger partial charge in [-0.2, -0.15) is 0 Å². The SMILES string of the molecule is CC(C)CCCCCCCCCCCCC(=O)O[C@H](COC(=O)CCCCCCCCC(C)C)COP(=O)(O)OCC(O)COP(=O)(O)OC[C@@H](COC(=O)CCCCCCCCCC(C)C)OC(=O)CCCCCCCCCCCC(C)C. The molecule has 0 aromatic carbocycles. The van der Waals surface area contributed by atoms with E-state index in [1.54, 1.807) is 0 Å². The number of carbonyl (C=O) groups excluding carboxylic acids is 4. The first-order valence-corrected chi connectivity index (χ1v) is 36.7. The van der Waals surface area contributed by atoms with E-state index in [1.165, 1.54) is 103 Å². The monoisotopic (exact) mass is 1240 g/mol. The lowest BCUT2D eigenvalue weighted by Gasteiger charge is -2.21. The Kier molecular flexibility index (Phi) is 53.9. The first-order valence-electron chi connectivity index (χ1n) is 33.7. The van der Waals surface area contributed by atoms with Crippen LogP contribution in [0.25, 0.3) is 0 Å². The maximum atomic E-state index is 13.0. The Morgan fingerprint density at radius 3 is 0.738 bits per heavy atom. The maximum absolute atomic E-state index is 13.0. The van der Waals surface area contributed by atoms with E-state index >= 15 is 0 Å². The maximum Gasteiger partial charge on any atom is 0.472 e. The molecule has 0 aliphatic rings. The number of aliphatic hydroxyl groups excluding tert-OH is 1. The fourth-order valence-electron chi connectivity index (χ4n) is 9.61. The number of hydrogen-bond donors (Lipinski definition) is 3.